The van der Waals surface area contributed by atoms with E-state index >= 15 is 0 Å². The lowest BCUT2D eigenvalue weighted by Gasteiger charge is -2.45. The molecule has 0 saturated carbocycles. The highest BCUT2D eigenvalue weighted by Gasteiger charge is 2.57. The molecule has 0 amide bonds. The number of rotatable bonds is 6. The number of ether oxygens (including phenoxy) is 1. The van der Waals surface area contributed by atoms with Crippen LogP contribution in [-0.2, 0) is 10.8 Å². The highest BCUT2D eigenvalue weighted by Crippen LogP contribution is 2.67. The number of aromatic nitrogens is 1. The van der Waals surface area contributed by atoms with Crippen molar-refractivity contribution in [3.63, 3.8) is 0 Å². The Morgan fingerprint density at radius 3 is 1.23 bits per heavy atom. The average molecular weight is 731 g/mol. The largest absolute Gasteiger partial charge is 0.453 e. The van der Waals surface area contributed by atoms with Crippen molar-refractivity contribution in [2.45, 2.75) is 10.8 Å². The van der Waals surface area contributed by atoms with E-state index in [2.05, 4.69) is 240 Å². The Labute approximate surface area is 333 Å². The summed E-state index contributed by atoms with van der Waals surface area (Å²) in [6.07, 6.45) is 0. The summed E-state index contributed by atoms with van der Waals surface area (Å²) in [5.74, 6) is 1.66. The molecule has 9 aromatic rings. The summed E-state index contributed by atoms with van der Waals surface area (Å²) in [5, 5.41) is 0. The van der Waals surface area contributed by atoms with Crippen LogP contribution in [0.5, 0.6) is 11.5 Å². The van der Waals surface area contributed by atoms with Crippen LogP contribution in [0.1, 0.15) is 44.8 Å². The lowest BCUT2D eigenvalue weighted by molar-refractivity contribution is 0.430. The van der Waals surface area contributed by atoms with Gasteiger partial charge in [0.05, 0.1) is 27.9 Å². The van der Waals surface area contributed by atoms with E-state index in [1.807, 2.05) is 0 Å². The zero-order valence-corrected chi connectivity index (χ0v) is 31.2. The molecule has 0 unspecified atom stereocenters. The predicted molar refractivity (Wildman–Crippen MR) is 231 cm³/mol. The van der Waals surface area contributed by atoms with Crippen molar-refractivity contribution < 1.29 is 4.74 Å². The molecule has 270 valence electrons. The first-order valence-corrected chi connectivity index (χ1v) is 19.6. The van der Waals surface area contributed by atoms with Gasteiger partial charge in [-0.1, -0.05) is 194 Å². The molecule has 3 nitrogen and oxygen atoms in total. The molecule has 3 heteroatoms. The molecule has 0 atom stereocenters. The molecular weight excluding hydrogens is 693 g/mol. The minimum atomic E-state index is -0.798. The zero-order valence-electron chi connectivity index (χ0n) is 31.2. The molecule has 11 rings (SSSR count). The van der Waals surface area contributed by atoms with E-state index < -0.39 is 10.8 Å². The minimum absolute atomic E-state index is 0.790. The minimum Gasteiger partial charge on any atom is -0.453 e. The van der Waals surface area contributed by atoms with Crippen molar-refractivity contribution in [3.05, 3.63) is 275 Å². The normalized spacial score (nSPS) is 14.4. The first-order valence-electron chi connectivity index (χ1n) is 19.6. The van der Waals surface area contributed by atoms with E-state index in [0.29, 0.717) is 0 Å². The summed E-state index contributed by atoms with van der Waals surface area (Å²) >= 11 is 0. The molecule has 0 saturated heterocycles. The molecule has 2 aliphatic rings. The van der Waals surface area contributed by atoms with E-state index in [1.54, 1.807) is 0 Å². The Morgan fingerprint density at radius 2 is 0.719 bits per heavy atom. The number of para-hydroxylation sites is 4. The maximum Gasteiger partial charge on any atom is 0.174 e. The van der Waals surface area contributed by atoms with E-state index in [4.69, 9.17) is 4.74 Å². The highest BCUT2D eigenvalue weighted by molar-refractivity contribution is 5.95. The summed E-state index contributed by atoms with van der Waals surface area (Å²) in [4.78, 5) is 2.45. The van der Waals surface area contributed by atoms with E-state index in [1.165, 1.54) is 16.7 Å². The maximum absolute atomic E-state index is 7.55. The van der Waals surface area contributed by atoms with Crippen LogP contribution in [0.3, 0.4) is 0 Å². The second-order valence-electron chi connectivity index (χ2n) is 14.8. The summed E-state index contributed by atoms with van der Waals surface area (Å²) < 4.78 is 10.1. The van der Waals surface area contributed by atoms with Crippen molar-refractivity contribution in [2.24, 2.45) is 0 Å². The van der Waals surface area contributed by atoms with Crippen LogP contribution in [0.2, 0.25) is 0 Å². The van der Waals surface area contributed by atoms with Gasteiger partial charge in [0.15, 0.2) is 5.75 Å². The molecule has 0 aliphatic carbocycles. The Kier molecular flexibility index (Phi) is 7.61. The van der Waals surface area contributed by atoms with Gasteiger partial charge in [0.25, 0.3) is 0 Å². The molecule has 2 aliphatic heterocycles. The van der Waals surface area contributed by atoms with Crippen molar-refractivity contribution in [2.75, 3.05) is 4.90 Å². The van der Waals surface area contributed by atoms with Crippen LogP contribution >= 0.6 is 0 Å². The van der Waals surface area contributed by atoms with Crippen molar-refractivity contribution in [1.29, 1.82) is 0 Å². The van der Waals surface area contributed by atoms with E-state index in [0.717, 1.165) is 62.3 Å². The molecule has 0 N–H and O–H groups in total. The molecule has 0 spiro atoms. The number of fused-ring (bicyclic) bond motifs is 5. The Hall–Kier alpha value is -7.36. The monoisotopic (exact) mass is 730 g/mol. The van der Waals surface area contributed by atoms with Crippen LogP contribution in [0.25, 0.3) is 5.69 Å². The van der Waals surface area contributed by atoms with Crippen molar-refractivity contribution in [3.8, 4) is 17.2 Å². The lowest BCUT2D eigenvalue weighted by atomic mass is 9.64. The van der Waals surface area contributed by atoms with Gasteiger partial charge < -0.3 is 14.2 Å². The summed E-state index contributed by atoms with van der Waals surface area (Å²) in [7, 11) is 0. The van der Waals surface area contributed by atoms with Crippen molar-refractivity contribution in [1.82, 2.24) is 4.57 Å². The third-order valence-electron chi connectivity index (χ3n) is 11.9. The maximum atomic E-state index is 7.55. The van der Waals surface area contributed by atoms with Gasteiger partial charge in [0.2, 0.25) is 0 Å². The molecule has 57 heavy (non-hydrogen) atoms. The number of benzene rings is 8. The smallest absolute Gasteiger partial charge is 0.174 e. The van der Waals surface area contributed by atoms with Crippen LogP contribution in [0.4, 0.5) is 17.1 Å². The SMILES string of the molecule is c1ccc(N2c3ccccc3C(c3ccccc3)(c3ccccc3)c3c2c2c(n3-c3ccccc3)C(c3ccccc3)(c3ccccc3)c3ccccc3O2)cc1. The first kappa shape index (κ1) is 33.0. The van der Waals surface area contributed by atoms with Crippen molar-refractivity contribution >= 4 is 17.1 Å². The highest BCUT2D eigenvalue weighted by atomic mass is 16.5. The number of nitrogens with zero attached hydrogens (tertiary/aromatic N) is 2. The van der Waals surface area contributed by atoms with Gasteiger partial charge in [-0.3, -0.25) is 0 Å². The molecule has 8 aromatic carbocycles. The predicted octanol–water partition coefficient (Wildman–Crippen LogP) is 13.1. The standard InChI is InChI=1S/C54H38N2O/c1-7-23-39(24-8-1)53(40-25-9-2-10-26-40)45-35-19-21-37-47(45)55(43-31-15-5-16-32-43)49-50-52(56(51(49)53)44-33-17-6-18-34-44)54(41-27-11-3-12-28-41,42-29-13-4-14-30-42)46-36-20-22-38-48(46)57-50/h1-38H. The fourth-order valence-corrected chi connectivity index (χ4v) is 9.80. The van der Waals surface area contributed by atoms with E-state index in [9.17, 15) is 0 Å². The van der Waals surface area contributed by atoms with Gasteiger partial charge in [-0.2, -0.15) is 0 Å². The first-order chi connectivity index (χ1) is 28.3. The van der Waals surface area contributed by atoms with Gasteiger partial charge in [0.1, 0.15) is 11.4 Å². The summed E-state index contributed by atoms with van der Waals surface area (Å²) in [6, 6.07) is 83.4. The van der Waals surface area contributed by atoms with E-state index in [-0.39, 0.29) is 0 Å². The fraction of sp³-hybridized carbons (Fsp3) is 0.0370. The zero-order chi connectivity index (χ0) is 37.8. The Balaban J connectivity index is 1.45. The molecule has 0 radical (unpaired) electrons. The summed E-state index contributed by atoms with van der Waals surface area (Å²) in [5.41, 5.74) is 11.8. The van der Waals surface area contributed by atoms with Gasteiger partial charge in [-0.15, -0.1) is 0 Å². The molecule has 0 fully saturated rings. The number of hydrogen-bond donors (Lipinski definition) is 0. The molecule has 3 heterocycles. The lowest BCUT2D eigenvalue weighted by Crippen LogP contribution is -2.40. The number of hydrogen-bond acceptors (Lipinski definition) is 2. The van der Waals surface area contributed by atoms with Crippen LogP contribution in [0, 0.1) is 0 Å². The third-order valence-corrected chi connectivity index (χ3v) is 11.9. The van der Waals surface area contributed by atoms with Gasteiger partial charge in [-0.05, 0) is 64.2 Å². The van der Waals surface area contributed by atoms with Crippen LogP contribution in [-0.4, -0.2) is 4.57 Å². The van der Waals surface area contributed by atoms with Gasteiger partial charge >= 0.3 is 0 Å². The fourth-order valence-electron chi connectivity index (χ4n) is 9.80. The Bertz CT molecular complexity index is 2770. The topological polar surface area (TPSA) is 17.4 Å². The quantitative estimate of drug-likeness (QED) is 0.169. The molecule has 1 aromatic heterocycles. The van der Waals surface area contributed by atoms with Crippen LogP contribution < -0.4 is 9.64 Å². The second-order valence-corrected chi connectivity index (χ2v) is 14.8. The average Bonchev–Trinajstić information content (AvgIpc) is 3.64. The third kappa shape index (κ3) is 4.66. The molecular formula is C54H38N2O. The second kappa shape index (κ2) is 13.1. The number of anilines is 3. The Morgan fingerprint density at radius 1 is 0.333 bits per heavy atom. The summed E-state index contributed by atoms with van der Waals surface area (Å²) in [6.45, 7) is 0. The van der Waals surface area contributed by atoms with Gasteiger partial charge in [-0.25, -0.2) is 0 Å². The van der Waals surface area contributed by atoms with Gasteiger partial charge in [0, 0.05) is 16.9 Å². The van der Waals surface area contributed by atoms with Crippen LogP contribution in [0.15, 0.2) is 231 Å². The molecule has 0 bridgehead atoms.